The smallest absolute Gasteiger partial charge is 0.251 e. The number of nitrogen functional groups attached to an aromatic ring is 1. The van der Waals surface area contributed by atoms with Gasteiger partial charge in [0.2, 0.25) is 0 Å². The zero-order valence-electron chi connectivity index (χ0n) is 11.1. The summed E-state index contributed by atoms with van der Waals surface area (Å²) in [6, 6.07) is 5.28. The highest BCUT2D eigenvalue weighted by molar-refractivity contribution is 5.96. The predicted molar refractivity (Wildman–Crippen MR) is 74.9 cm³/mol. The number of benzene rings is 1. The Hall–Kier alpha value is -1.79. The fourth-order valence-electron chi connectivity index (χ4n) is 1.91. The summed E-state index contributed by atoms with van der Waals surface area (Å²) in [4.78, 5) is 11.7. The minimum Gasteiger partial charge on any atom is -0.397 e. The number of nitrogens with one attached hydrogen (secondary N) is 2. The summed E-state index contributed by atoms with van der Waals surface area (Å²) in [5.41, 5.74) is 11.2. The van der Waals surface area contributed by atoms with Gasteiger partial charge in [-0.25, -0.2) is 5.01 Å². The Morgan fingerprint density at radius 3 is 2.79 bits per heavy atom. The van der Waals surface area contributed by atoms with Gasteiger partial charge in [-0.2, -0.15) is 0 Å². The molecular weight excluding hydrogens is 244 g/mol. The number of ether oxygens (including phenoxy) is 1. The molecule has 19 heavy (non-hydrogen) atoms. The number of nitrogens with zero attached hydrogens (tertiary/aromatic N) is 1. The Bertz CT molecular complexity index is 444. The van der Waals surface area contributed by atoms with Gasteiger partial charge in [-0.1, -0.05) is 0 Å². The minimum atomic E-state index is -0.105. The van der Waals surface area contributed by atoms with E-state index in [-0.39, 0.29) is 5.91 Å². The molecule has 1 aromatic carbocycles. The number of hydrogen-bond acceptors (Lipinski definition) is 5. The van der Waals surface area contributed by atoms with Crippen molar-refractivity contribution in [3.05, 3.63) is 23.8 Å². The zero-order chi connectivity index (χ0) is 13.7. The summed E-state index contributed by atoms with van der Waals surface area (Å²) in [6.07, 6.45) is 0. The lowest BCUT2D eigenvalue weighted by Gasteiger charge is -2.28. The van der Waals surface area contributed by atoms with Crippen LogP contribution in [0.5, 0.6) is 0 Å². The second-order valence-electron chi connectivity index (χ2n) is 4.37. The molecule has 0 unspecified atom stereocenters. The number of rotatable bonds is 4. The molecule has 1 fully saturated rings. The molecule has 4 N–H and O–H groups in total. The molecule has 104 valence electrons. The fourth-order valence-corrected chi connectivity index (χ4v) is 1.91. The Morgan fingerprint density at radius 1 is 1.42 bits per heavy atom. The third-order valence-corrected chi connectivity index (χ3v) is 2.94. The van der Waals surface area contributed by atoms with E-state index in [9.17, 15) is 4.79 Å². The highest BCUT2D eigenvalue weighted by Crippen LogP contribution is 2.20. The van der Waals surface area contributed by atoms with Crippen molar-refractivity contribution in [2.45, 2.75) is 6.92 Å². The summed E-state index contributed by atoms with van der Waals surface area (Å²) >= 11 is 0. The monoisotopic (exact) mass is 264 g/mol. The van der Waals surface area contributed by atoms with Crippen molar-refractivity contribution in [2.75, 3.05) is 44.0 Å². The van der Waals surface area contributed by atoms with E-state index in [0.29, 0.717) is 31.0 Å². The number of carbonyl (C=O) groups is 1. The van der Waals surface area contributed by atoms with Crippen molar-refractivity contribution in [3.63, 3.8) is 0 Å². The molecule has 0 atom stereocenters. The van der Waals surface area contributed by atoms with Crippen LogP contribution in [-0.2, 0) is 4.74 Å². The molecule has 6 nitrogen and oxygen atoms in total. The third kappa shape index (κ3) is 3.59. The molecule has 1 aliphatic rings. The minimum absolute atomic E-state index is 0.105. The van der Waals surface area contributed by atoms with Crippen LogP contribution in [-0.4, -0.2) is 43.8 Å². The second-order valence-corrected chi connectivity index (χ2v) is 4.37. The second kappa shape index (κ2) is 6.40. The van der Waals surface area contributed by atoms with Crippen LogP contribution in [0.2, 0.25) is 0 Å². The lowest BCUT2D eigenvalue weighted by Crippen LogP contribution is -2.40. The van der Waals surface area contributed by atoms with E-state index in [0.717, 1.165) is 18.8 Å². The molecule has 1 aromatic rings. The maximum atomic E-state index is 11.7. The summed E-state index contributed by atoms with van der Waals surface area (Å²) in [6.45, 7) is 5.55. The van der Waals surface area contributed by atoms with Gasteiger partial charge in [0, 0.05) is 25.2 Å². The van der Waals surface area contributed by atoms with E-state index in [1.807, 2.05) is 13.0 Å². The largest absolute Gasteiger partial charge is 0.397 e. The van der Waals surface area contributed by atoms with Gasteiger partial charge in [0.25, 0.3) is 5.91 Å². The van der Waals surface area contributed by atoms with E-state index >= 15 is 0 Å². The van der Waals surface area contributed by atoms with Crippen LogP contribution in [0.25, 0.3) is 0 Å². The number of amides is 1. The maximum absolute atomic E-state index is 11.7. The summed E-state index contributed by atoms with van der Waals surface area (Å²) in [7, 11) is 0. The molecule has 1 heterocycles. The molecule has 0 aliphatic carbocycles. The molecule has 0 saturated carbocycles. The van der Waals surface area contributed by atoms with Crippen molar-refractivity contribution >= 4 is 17.3 Å². The molecule has 0 radical (unpaired) electrons. The summed E-state index contributed by atoms with van der Waals surface area (Å²) in [5, 5.41) is 4.80. The molecule has 0 aromatic heterocycles. The first kappa shape index (κ1) is 13.6. The highest BCUT2D eigenvalue weighted by atomic mass is 16.5. The van der Waals surface area contributed by atoms with E-state index in [1.165, 1.54) is 0 Å². The first-order chi connectivity index (χ1) is 9.20. The molecule has 0 bridgehead atoms. The molecule has 0 spiro atoms. The first-order valence-electron chi connectivity index (χ1n) is 6.47. The topological polar surface area (TPSA) is 79.6 Å². The van der Waals surface area contributed by atoms with E-state index < -0.39 is 0 Å². The van der Waals surface area contributed by atoms with Crippen LogP contribution < -0.4 is 16.5 Å². The normalized spacial score (nSPS) is 16.1. The number of carbonyl (C=O) groups excluding carboxylic acids is 1. The summed E-state index contributed by atoms with van der Waals surface area (Å²) in [5.74, 6) is -0.105. The number of nitrogens with two attached hydrogens (primary N) is 1. The van der Waals surface area contributed by atoms with Crippen molar-refractivity contribution < 1.29 is 9.53 Å². The van der Waals surface area contributed by atoms with Crippen LogP contribution in [0.3, 0.4) is 0 Å². The van der Waals surface area contributed by atoms with Gasteiger partial charge >= 0.3 is 0 Å². The lowest BCUT2D eigenvalue weighted by atomic mass is 10.1. The SMILES string of the molecule is CCNC(=O)c1ccc(NN2CCOCC2)c(N)c1. The number of hydrazine groups is 1. The Kier molecular flexibility index (Phi) is 4.59. The van der Waals surface area contributed by atoms with E-state index in [1.54, 1.807) is 12.1 Å². The maximum Gasteiger partial charge on any atom is 0.251 e. The highest BCUT2D eigenvalue weighted by Gasteiger charge is 2.12. The van der Waals surface area contributed by atoms with Crippen molar-refractivity contribution in [3.8, 4) is 0 Å². The average molecular weight is 264 g/mol. The molecule has 6 heteroatoms. The van der Waals surface area contributed by atoms with E-state index in [4.69, 9.17) is 10.5 Å². The molecule has 1 saturated heterocycles. The van der Waals surface area contributed by atoms with Gasteiger partial charge in [-0.05, 0) is 25.1 Å². The van der Waals surface area contributed by atoms with Gasteiger partial charge in [0.05, 0.1) is 24.6 Å². The number of morpholine rings is 1. The average Bonchev–Trinajstić information content (AvgIpc) is 2.42. The first-order valence-corrected chi connectivity index (χ1v) is 6.47. The standard InChI is InChI=1S/C13H20N4O2/c1-2-15-13(18)10-3-4-12(11(14)9-10)16-17-5-7-19-8-6-17/h3-4,9,16H,2,5-8,14H2,1H3,(H,15,18). The van der Waals surface area contributed by atoms with Crippen LogP contribution in [0.15, 0.2) is 18.2 Å². The van der Waals surface area contributed by atoms with Crippen molar-refractivity contribution in [1.29, 1.82) is 0 Å². The lowest BCUT2D eigenvalue weighted by molar-refractivity contribution is 0.0497. The van der Waals surface area contributed by atoms with Crippen LogP contribution in [0, 0.1) is 0 Å². The Balaban J connectivity index is 2.04. The van der Waals surface area contributed by atoms with Crippen LogP contribution >= 0.6 is 0 Å². The Labute approximate surface area is 112 Å². The van der Waals surface area contributed by atoms with Crippen LogP contribution in [0.1, 0.15) is 17.3 Å². The number of hydrogen-bond donors (Lipinski definition) is 3. The quantitative estimate of drug-likeness (QED) is 0.697. The van der Waals surface area contributed by atoms with Gasteiger partial charge in [0.1, 0.15) is 0 Å². The third-order valence-electron chi connectivity index (χ3n) is 2.94. The zero-order valence-corrected chi connectivity index (χ0v) is 11.1. The van der Waals surface area contributed by atoms with Crippen molar-refractivity contribution in [1.82, 2.24) is 10.3 Å². The Morgan fingerprint density at radius 2 is 2.16 bits per heavy atom. The van der Waals surface area contributed by atoms with Crippen molar-refractivity contribution in [2.24, 2.45) is 0 Å². The molecule has 2 rings (SSSR count). The fraction of sp³-hybridized carbons (Fsp3) is 0.462. The summed E-state index contributed by atoms with van der Waals surface area (Å²) < 4.78 is 5.28. The van der Waals surface area contributed by atoms with Gasteiger partial charge in [0.15, 0.2) is 0 Å². The van der Waals surface area contributed by atoms with Gasteiger partial charge in [-0.3, -0.25) is 4.79 Å². The molecule has 1 amide bonds. The van der Waals surface area contributed by atoms with Crippen LogP contribution in [0.4, 0.5) is 11.4 Å². The molecular formula is C13H20N4O2. The van der Waals surface area contributed by atoms with Gasteiger partial charge in [-0.15, -0.1) is 0 Å². The predicted octanol–water partition coefficient (Wildman–Crippen LogP) is 0.678. The number of anilines is 2. The molecule has 1 aliphatic heterocycles. The van der Waals surface area contributed by atoms with Gasteiger partial charge < -0.3 is 21.2 Å². The van der Waals surface area contributed by atoms with E-state index in [2.05, 4.69) is 15.8 Å².